The van der Waals surface area contributed by atoms with Gasteiger partial charge in [0.2, 0.25) is 0 Å². The van der Waals surface area contributed by atoms with Crippen molar-refractivity contribution in [3.8, 4) is 0 Å². The molecule has 114 valence electrons. The lowest BCUT2D eigenvalue weighted by Crippen LogP contribution is -2.29. The van der Waals surface area contributed by atoms with Gasteiger partial charge in [0.05, 0.1) is 12.5 Å². The van der Waals surface area contributed by atoms with Gasteiger partial charge in [0, 0.05) is 12.4 Å². The number of carbonyl (C=O) groups is 1. The van der Waals surface area contributed by atoms with Crippen LogP contribution in [0.1, 0.15) is 17.2 Å². The van der Waals surface area contributed by atoms with Gasteiger partial charge in [-0.25, -0.2) is 10.4 Å². The summed E-state index contributed by atoms with van der Waals surface area (Å²) in [5.41, 5.74) is 4.40. The molecule has 1 heterocycles. The third kappa shape index (κ3) is 3.71. The van der Waals surface area contributed by atoms with E-state index in [2.05, 4.69) is 15.5 Å². The first-order valence-electron chi connectivity index (χ1n) is 7.25. The number of nitrogens with one attached hydrogen (secondary N) is 1. The normalized spacial score (nSPS) is 12.2. The minimum absolute atomic E-state index is 0.221. The van der Waals surface area contributed by atoms with Gasteiger partial charge in [-0.1, -0.05) is 60.7 Å². The van der Waals surface area contributed by atoms with E-state index in [0.29, 0.717) is 0 Å². The predicted octanol–water partition coefficient (Wildman–Crippen LogP) is 2.62. The van der Waals surface area contributed by atoms with Crippen LogP contribution in [0.25, 0.3) is 0 Å². The Morgan fingerprint density at radius 2 is 1.78 bits per heavy atom. The number of rotatable bonds is 5. The number of hydrogen-bond acceptors (Lipinski definition) is 3. The molecule has 1 N–H and O–H groups in total. The minimum Gasteiger partial charge on any atom is -0.321 e. The Morgan fingerprint density at radius 3 is 2.43 bits per heavy atom. The summed E-state index contributed by atoms with van der Waals surface area (Å²) in [4.78, 5) is 16.6. The van der Waals surface area contributed by atoms with Gasteiger partial charge >= 0.3 is 0 Å². The quantitative estimate of drug-likeness (QED) is 0.582. The Kier molecular flexibility index (Phi) is 4.59. The molecule has 0 fully saturated rings. The Hall–Kier alpha value is -3.21. The molecule has 0 spiro atoms. The van der Waals surface area contributed by atoms with E-state index in [-0.39, 0.29) is 5.91 Å². The second-order valence-electron chi connectivity index (χ2n) is 4.97. The van der Waals surface area contributed by atoms with Gasteiger partial charge in [-0.15, -0.1) is 0 Å². The maximum atomic E-state index is 12.6. The number of hydrazone groups is 1. The van der Waals surface area contributed by atoms with Crippen LogP contribution in [0.4, 0.5) is 0 Å². The Bertz CT molecular complexity index is 767. The molecule has 0 aliphatic carbocycles. The Labute approximate surface area is 134 Å². The highest BCUT2D eigenvalue weighted by molar-refractivity contribution is 5.86. The van der Waals surface area contributed by atoms with E-state index in [1.54, 1.807) is 29.5 Å². The molecule has 1 atom stereocenters. The molecule has 23 heavy (non-hydrogen) atoms. The first-order chi connectivity index (χ1) is 11.3. The van der Waals surface area contributed by atoms with Crippen molar-refractivity contribution in [1.29, 1.82) is 0 Å². The Morgan fingerprint density at radius 1 is 1.09 bits per heavy atom. The molecule has 0 saturated carbocycles. The van der Waals surface area contributed by atoms with Crippen LogP contribution in [0.15, 0.2) is 84.5 Å². The molecule has 0 bridgehead atoms. The molecule has 5 nitrogen and oxygen atoms in total. The lowest BCUT2D eigenvalue weighted by molar-refractivity contribution is -0.123. The van der Waals surface area contributed by atoms with E-state index in [4.69, 9.17) is 0 Å². The number of nitrogens with zero attached hydrogens (tertiary/aromatic N) is 3. The molecule has 1 unspecified atom stereocenters. The molecule has 3 aromatic rings. The van der Waals surface area contributed by atoms with Crippen molar-refractivity contribution in [1.82, 2.24) is 15.0 Å². The van der Waals surface area contributed by atoms with E-state index < -0.39 is 6.04 Å². The molecule has 1 amide bonds. The van der Waals surface area contributed by atoms with Crippen LogP contribution in [-0.2, 0) is 4.79 Å². The SMILES string of the molecule is O=C(NN=Cc1ccccc1)C(c1ccccc1)n1ccnc1. The largest absolute Gasteiger partial charge is 0.321 e. The standard InChI is InChI=1S/C18H16N4O/c23-18(21-20-13-15-7-3-1-4-8-15)17(22-12-11-19-14-22)16-9-5-2-6-10-16/h1-14,17H,(H,21,23). The first-order valence-corrected chi connectivity index (χ1v) is 7.25. The molecule has 3 rings (SSSR count). The smallest absolute Gasteiger partial charge is 0.267 e. The van der Waals surface area contributed by atoms with E-state index in [0.717, 1.165) is 11.1 Å². The highest BCUT2D eigenvalue weighted by Crippen LogP contribution is 2.18. The topological polar surface area (TPSA) is 59.3 Å². The van der Waals surface area contributed by atoms with E-state index in [9.17, 15) is 4.79 Å². The molecule has 5 heteroatoms. The van der Waals surface area contributed by atoms with E-state index >= 15 is 0 Å². The second-order valence-corrected chi connectivity index (χ2v) is 4.97. The summed E-state index contributed by atoms with van der Waals surface area (Å²) in [6, 6.07) is 18.6. The molecule has 0 aliphatic rings. The monoisotopic (exact) mass is 304 g/mol. The number of carbonyl (C=O) groups excluding carboxylic acids is 1. The van der Waals surface area contributed by atoms with Gasteiger partial charge < -0.3 is 4.57 Å². The average molecular weight is 304 g/mol. The molecule has 0 saturated heterocycles. The van der Waals surface area contributed by atoms with Crippen LogP contribution in [0.5, 0.6) is 0 Å². The lowest BCUT2D eigenvalue weighted by Gasteiger charge is -2.16. The maximum absolute atomic E-state index is 12.6. The van der Waals surface area contributed by atoms with Gasteiger partial charge in [-0.3, -0.25) is 4.79 Å². The zero-order chi connectivity index (χ0) is 15.9. The van der Waals surface area contributed by atoms with Gasteiger partial charge in [-0.2, -0.15) is 5.10 Å². The van der Waals surface area contributed by atoms with Gasteiger partial charge in [0.1, 0.15) is 6.04 Å². The summed E-state index contributed by atoms with van der Waals surface area (Å²) in [5, 5.41) is 4.04. The summed E-state index contributed by atoms with van der Waals surface area (Å²) >= 11 is 0. The van der Waals surface area contributed by atoms with Crippen molar-refractivity contribution in [2.75, 3.05) is 0 Å². The molecule has 0 radical (unpaired) electrons. The summed E-state index contributed by atoms with van der Waals surface area (Å²) < 4.78 is 1.75. The fraction of sp³-hybridized carbons (Fsp3) is 0.0556. The van der Waals surface area contributed by atoms with Crippen molar-refractivity contribution in [2.24, 2.45) is 5.10 Å². The molecular formula is C18H16N4O. The van der Waals surface area contributed by atoms with Crippen LogP contribution in [-0.4, -0.2) is 21.7 Å². The van der Waals surface area contributed by atoms with Crippen LogP contribution < -0.4 is 5.43 Å². The van der Waals surface area contributed by atoms with Crippen LogP contribution in [0.3, 0.4) is 0 Å². The third-order valence-corrected chi connectivity index (χ3v) is 3.37. The third-order valence-electron chi connectivity index (χ3n) is 3.37. The van der Waals surface area contributed by atoms with E-state index in [1.807, 2.05) is 60.7 Å². The lowest BCUT2D eigenvalue weighted by atomic mass is 10.1. The summed E-state index contributed by atoms with van der Waals surface area (Å²) in [5.74, 6) is -0.221. The van der Waals surface area contributed by atoms with Crippen molar-refractivity contribution in [3.05, 3.63) is 90.5 Å². The van der Waals surface area contributed by atoms with Gasteiger partial charge in [0.15, 0.2) is 0 Å². The zero-order valence-electron chi connectivity index (χ0n) is 12.4. The number of aromatic nitrogens is 2. The van der Waals surface area contributed by atoms with Gasteiger partial charge in [-0.05, 0) is 11.1 Å². The molecule has 0 aliphatic heterocycles. The summed E-state index contributed by atoms with van der Waals surface area (Å²) in [7, 11) is 0. The maximum Gasteiger partial charge on any atom is 0.267 e. The van der Waals surface area contributed by atoms with Crippen molar-refractivity contribution in [2.45, 2.75) is 6.04 Å². The molecule has 1 aromatic heterocycles. The van der Waals surface area contributed by atoms with E-state index in [1.165, 1.54) is 0 Å². The minimum atomic E-state index is -0.508. The number of imidazole rings is 1. The highest BCUT2D eigenvalue weighted by atomic mass is 16.2. The number of amides is 1. The molecular weight excluding hydrogens is 288 g/mol. The van der Waals surface area contributed by atoms with Crippen LogP contribution >= 0.6 is 0 Å². The van der Waals surface area contributed by atoms with Gasteiger partial charge in [0.25, 0.3) is 5.91 Å². The second kappa shape index (κ2) is 7.17. The van der Waals surface area contributed by atoms with Crippen molar-refractivity contribution in [3.63, 3.8) is 0 Å². The highest BCUT2D eigenvalue weighted by Gasteiger charge is 2.21. The van der Waals surface area contributed by atoms with Crippen LogP contribution in [0.2, 0.25) is 0 Å². The number of benzene rings is 2. The van der Waals surface area contributed by atoms with Crippen LogP contribution in [0, 0.1) is 0 Å². The number of hydrogen-bond donors (Lipinski definition) is 1. The fourth-order valence-corrected chi connectivity index (χ4v) is 2.29. The molecule has 2 aromatic carbocycles. The average Bonchev–Trinajstić information content (AvgIpc) is 3.11. The Balaban J connectivity index is 1.78. The predicted molar refractivity (Wildman–Crippen MR) is 89.0 cm³/mol. The fourth-order valence-electron chi connectivity index (χ4n) is 2.29. The van der Waals surface area contributed by atoms with Crippen molar-refractivity contribution < 1.29 is 4.79 Å². The first kappa shape index (κ1) is 14.7. The zero-order valence-corrected chi connectivity index (χ0v) is 12.4. The summed E-state index contributed by atoms with van der Waals surface area (Å²) in [6.45, 7) is 0. The summed E-state index contributed by atoms with van der Waals surface area (Å²) in [6.07, 6.45) is 6.65. The van der Waals surface area contributed by atoms with Crippen molar-refractivity contribution >= 4 is 12.1 Å².